The highest BCUT2D eigenvalue weighted by atomic mass is 16.9. The van der Waals surface area contributed by atoms with E-state index in [0.717, 1.165) is 0 Å². The van der Waals surface area contributed by atoms with Crippen molar-refractivity contribution in [3.8, 4) is 0 Å². The Kier molecular flexibility index (Phi) is 6.76. The second-order valence-corrected chi connectivity index (χ2v) is 1.20. The monoisotopic (exact) mass is 167 g/mol. The molecular formula is C3H5NO7. The van der Waals surface area contributed by atoms with Crippen LogP contribution in [-0.2, 0) is 9.59 Å². The Balaban J connectivity index is 0. The van der Waals surface area contributed by atoms with Gasteiger partial charge in [0.05, 0.1) is 0 Å². The van der Waals surface area contributed by atoms with E-state index in [-0.39, 0.29) is 0 Å². The van der Waals surface area contributed by atoms with Crippen LogP contribution in [0.4, 0.5) is 0 Å². The van der Waals surface area contributed by atoms with Gasteiger partial charge < -0.3 is 15.4 Å². The van der Waals surface area contributed by atoms with E-state index in [1.54, 1.807) is 0 Å². The van der Waals surface area contributed by atoms with Crippen LogP contribution in [0.25, 0.3) is 0 Å². The molecular weight excluding hydrogens is 162 g/mol. The number of carbonyl (C=O) groups is 2. The third kappa shape index (κ3) is 67.0. The summed E-state index contributed by atoms with van der Waals surface area (Å²) in [6, 6.07) is 0. The minimum absolute atomic E-state index is 0.806. The van der Waals surface area contributed by atoms with Gasteiger partial charge in [-0.25, -0.2) is 0 Å². The van der Waals surface area contributed by atoms with Gasteiger partial charge in [0, 0.05) is 0 Å². The van der Waals surface area contributed by atoms with E-state index in [1.807, 2.05) is 0 Å². The maximum absolute atomic E-state index is 9.43. The second-order valence-electron chi connectivity index (χ2n) is 1.20. The molecule has 0 aliphatic rings. The summed E-state index contributed by atoms with van der Waals surface area (Å²) in [5.74, 6) is -2.62. The highest BCUT2D eigenvalue weighted by molar-refractivity contribution is 5.88. The Hall–Kier alpha value is -1.86. The molecule has 0 aliphatic heterocycles. The molecule has 8 heteroatoms. The molecule has 0 aromatic rings. The van der Waals surface area contributed by atoms with Gasteiger partial charge in [0.15, 0.2) is 0 Å². The smallest absolute Gasteiger partial charge is 0.314 e. The minimum Gasteiger partial charge on any atom is -0.481 e. The summed E-state index contributed by atoms with van der Waals surface area (Å²) in [5, 5.41) is 29.0. The fraction of sp³-hybridized carbons (Fsp3) is 0.333. The van der Waals surface area contributed by atoms with Crippen molar-refractivity contribution in [3.05, 3.63) is 10.1 Å². The van der Waals surface area contributed by atoms with Gasteiger partial charge in [-0.3, -0.25) is 9.59 Å². The molecule has 0 unspecified atom stereocenters. The number of hydrogen-bond acceptors (Lipinski definition) is 4. The van der Waals surface area contributed by atoms with Crippen molar-refractivity contribution in [2.75, 3.05) is 0 Å². The average molecular weight is 167 g/mol. The zero-order valence-corrected chi connectivity index (χ0v) is 5.13. The maximum atomic E-state index is 9.43. The van der Waals surface area contributed by atoms with Crippen LogP contribution in [0.15, 0.2) is 0 Å². The third-order valence-corrected chi connectivity index (χ3v) is 0.302. The third-order valence-electron chi connectivity index (χ3n) is 0.302. The molecule has 0 aliphatic carbocycles. The van der Waals surface area contributed by atoms with Gasteiger partial charge >= 0.3 is 11.9 Å². The van der Waals surface area contributed by atoms with Crippen molar-refractivity contribution in [2.45, 2.75) is 6.42 Å². The summed E-state index contributed by atoms with van der Waals surface area (Å²) < 4.78 is 0. The first kappa shape index (κ1) is 11.9. The minimum atomic E-state index is -1.50. The molecule has 0 radical (unpaired) electrons. The van der Waals surface area contributed by atoms with Crippen molar-refractivity contribution in [1.29, 1.82) is 0 Å². The molecule has 0 heterocycles. The Labute approximate surface area is 59.8 Å². The summed E-state index contributed by atoms with van der Waals surface area (Å²) in [5.41, 5.74) is 0. The predicted molar refractivity (Wildman–Crippen MR) is 28.7 cm³/mol. The number of rotatable bonds is 2. The van der Waals surface area contributed by atoms with Crippen molar-refractivity contribution in [1.82, 2.24) is 0 Å². The average Bonchev–Trinajstić information content (AvgIpc) is 1.56. The Morgan fingerprint density at radius 3 is 1.45 bits per heavy atom. The van der Waals surface area contributed by atoms with Gasteiger partial charge in [0.1, 0.15) is 6.42 Å². The van der Waals surface area contributed by atoms with Crippen molar-refractivity contribution >= 4 is 11.9 Å². The molecule has 0 atom stereocenters. The number of carboxylic acids is 2. The Morgan fingerprint density at radius 1 is 1.27 bits per heavy atom. The molecule has 0 aromatic heterocycles. The molecule has 11 heavy (non-hydrogen) atoms. The number of carboxylic acid groups (broad SMARTS) is 2. The van der Waals surface area contributed by atoms with Gasteiger partial charge in [-0.15, -0.1) is 10.1 Å². The zero-order chi connectivity index (χ0) is 9.44. The van der Waals surface area contributed by atoms with E-state index in [9.17, 15) is 9.59 Å². The molecule has 64 valence electrons. The van der Waals surface area contributed by atoms with Crippen LogP contribution in [0.5, 0.6) is 0 Å². The fourth-order valence-electron chi connectivity index (χ4n) is 0.129. The van der Waals surface area contributed by atoms with E-state index in [2.05, 4.69) is 0 Å². The fourth-order valence-corrected chi connectivity index (χ4v) is 0.129. The molecule has 0 spiro atoms. The van der Waals surface area contributed by atoms with Crippen molar-refractivity contribution in [3.63, 3.8) is 0 Å². The van der Waals surface area contributed by atoms with Crippen LogP contribution >= 0.6 is 0 Å². The van der Waals surface area contributed by atoms with Crippen LogP contribution in [0.3, 0.4) is 0 Å². The number of hydrogen-bond donors (Lipinski definition) is 3. The topological polar surface area (TPSA) is 138 Å². The molecule has 0 saturated carbocycles. The summed E-state index contributed by atoms with van der Waals surface area (Å²) in [6.07, 6.45) is -0.806. The van der Waals surface area contributed by atoms with E-state index in [1.165, 1.54) is 0 Å². The summed E-state index contributed by atoms with van der Waals surface area (Å²) in [7, 11) is 0. The normalized spacial score (nSPS) is 7.27. The quantitative estimate of drug-likeness (QED) is 0.278. The Bertz CT molecular complexity index is 147. The van der Waals surface area contributed by atoms with Gasteiger partial charge in [-0.2, -0.15) is 0 Å². The van der Waals surface area contributed by atoms with Gasteiger partial charge in [0.25, 0.3) is 5.09 Å². The van der Waals surface area contributed by atoms with Crippen LogP contribution in [0, 0.1) is 10.1 Å². The summed E-state index contributed by atoms with van der Waals surface area (Å²) >= 11 is 0. The van der Waals surface area contributed by atoms with Crippen LogP contribution in [0.1, 0.15) is 6.42 Å². The highest BCUT2D eigenvalue weighted by Crippen LogP contribution is 1.74. The van der Waals surface area contributed by atoms with Crippen molar-refractivity contribution < 1.29 is 30.1 Å². The van der Waals surface area contributed by atoms with Crippen LogP contribution in [0.2, 0.25) is 0 Å². The molecule has 0 bridgehead atoms. The first-order valence-corrected chi connectivity index (χ1v) is 2.13. The maximum Gasteiger partial charge on any atom is 0.314 e. The van der Waals surface area contributed by atoms with Gasteiger partial charge in [0.2, 0.25) is 0 Å². The number of nitrogens with zero attached hydrogens (tertiary/aromatic N) is 1. The van der Waals surface area contributed by atoms with E-state index >= 15 is 0 Å². The summed E-state index contributed by atoms with van der Waals surface area (Å²) in [4.78, 5) is 27.2. The molecule has 3 N–H and O–H groups in total. The van der Waals surface area contributed by atoms with E-state index in [4.69, 9.17) is 25.5 Å². The van der Waals surface area contributed by atoms with Crippen LogP contribution in [-0.4, -0.2) is 32.4 Å². The largest absolute Gasteiger partial charge is 0.481 e. The molecule has 0 rings (SSSR count). The molecule has 0 aromatic carbocycles. The SMILES string of the molecule is O=C(O)CC(=O)O.O=[N+]([O-])O. The Morgan fingerprint density at radius 2 is 1.45 bits per heavy atom. The molecule has 0 amide bonds. The van der Waals surface area contributed by atoms with Gasteiger partial charge in [-0.05, 0) is 0 Å². The first-order valence-electron chi connectivity index (χ1n) is 2.13. The summed E-state index contributed by atoms with van der Waals surface area (Å²) in [6.45, 7) is 0. The number of aliphatic carboxylic acids is 2. The lowest BCUT2D eigenvalue weighted by molar-refractivity contribution is -0.742. The lowest BCUT2D eigenvalue weighted by Crippen LogP contribution is -2.03. The van der Waals surface area contributed by atoms with Crippen molar-refractivity contribution in [2.24, 2.45) is 0 Å². The molecule has 0 fully saturated rings. The lowest BCUT2D eigenvalue weighted by atomic mass is 10.5. The molecule has 0 saturated heterocycles. The standard InChI is InChI=1S/C3H4O4.HNO3/c4-2(5)1-3(6)7;2-1(3)4/h1H2,(H,4,5)(H,6,7);(H,2,3,4). The first-order chi connectivity index (χ1) is 4.86. The molecule has 8 nitrogen and oxygen atoms in total. The zero-order valence-electron chi connectivity index (χ0n) is 5.13. The lowest BCUT2D eigenvalue weighted by Gasteiger charge is -1.80. The predicted octanol–water partition coefficient (Wildman–Crippen LogP) is -0.802. The van der Waals surface area contributed by atoms with Gasteiger partial charge in [-0.1, -0.05) is 0 Å². The second kappa shape index (κ2) is 6.26. The highest BCUT2D eigenvalue weighted by Gasteiger charge is 2.01. The van der Waals surface area contributed by atoms with E-state index in [0.29, 0.717) is 0 Å². The van der Waals surface area contributed by atoms with E-state index < -0.39 is 23.4 Å². The van der Waals surface area contributed by atoms with Crippen LogP contribution < -0.4 is 0 Å².